The van der Waals surface area contributed by atoms with Gasteiger partial charge in [0.05, 0.1) is 31.0 Å². The summed E-state index contributed by atoms with van der Waals surface area (Å²) in [5, 5.41) is 8.94. The normalized spacial score (nSPS) is 13.8. The molecule has 6 heteroatoms. The molecule has 2 heterocycles. The Hall–Kier alpha value is -2.57. The Kier molecular flexibility index (Phi) is 6.90. The maximum Gasteiger partial charge on any atom is 0.218 e. The van der Waals surface area contributed by atoms with Crippen molar-refractivity contribution in [3.63, 3.8) is 0 Å². The zero-order valence-electron chi connectivity index (χ0n) is 16.4. The van der Waals surface area contributed by atoms with Gasteiger partial charge in [-0.15, -0.1) is 0 Å². The lowest BCUT2D eigenvalue weighted by Gasteiger charge is -2.16. The second-order valence-corrected chi connectivity index (χ2v) is 6.91. The van der Waals surface area contributed by atoms with E-state index < -0.39 is 0 Å². The average molecular weight is 382 g/mol. The summed E-state index contributed by atoms with van der Waals surface area (Å²) in [6.07, 6.45) is 0.699. The molecule has 1 aliphatic rings. The number of aliphatic hydroxyl groups excluding tert-OH is 1. The number of ether oxygens (including phenoxy) is 2. The molecule has 0 bridgehead atoms. The van der Waals surface area contributed by atoms with Gasteiger partial charge in [-0.3, -0.25) is 9.78 Å². The summed E-state index contributed by atoms with van der Waals surface area (Å²) in [5.41, 5.74) is 4.55. The van der Waals surface area contributed by atoms with Crippen LogP contribution in [0.4, 0.5) is 0 Å². The maximum absolute atomic E-state index is 12.7. The minimum atomic E-state index is -0.0581. The van der Waals surface area contributed by atoms with Gasteiger partial charge < -0.3 is 14.6 Å². The summed E-state index contributed by atoms with van der Waals surface area (Å²) < 4.78 is 10.8. The molecule has 1 atom stereocenters. The SMILES string of the molecule is COC[C@@H](CC(=O)Cc1cc2c(c(C)n1)C(OCCO)=NC2)c1ccccc1. The first-order valence-electron chi connectivity index (χ1n) is 9.45. The van der Waals surface area contributed by atoms with Crippen molar-refractivity contribution in [1.82, 2.24) is 4.98 Å². The van der Waals surface area contributed by atoms with Crippen LogP contribution in [0.3, 0.4) is 0 Å². The second kappa shape index (κ2) is 9.57. The second-order valence-electron chi connectivity index (χ2n) is 6.91. The van der Waals surface area contributed by atoms with Gasteiger partial charge in [-0.1, -0.05) is 30.3 Å². The molecule has 0 saturated carbocycles. The van der Waals surface area contributed by atoms with Gasteiger partial charge in [-0.2, -0.15) is 0 Å². The number of aryl methyl sites for hydroxylation is 1. The minimum Gasteiger partial charge on any atom is -0.475 e. The van der Waals surface area contributed by atoms with Crippen LogP contribution in [-0.2, 0) is 27.2 Å². The van der Waals surface area contributed by atoms with Gasteiger partial charge in [0.25, 0.3) is 0 Å². The largest absolute Gasteiger partial charge is 0.475 e. The summed E-state index contributed by atoms with van der Waals surface area (Å²) in [5.74, 6) is 0.695. The van der Waals surface area contributed by atoms with Crippen molar-refractivity contribution in [2.24, 2.45) is 4.99 Å². The number of hydrogen-bond donors (Lipinski definition) is 1. The Morgan fingerprint density at radius 3 is 2.79 bits per heavy atom. The highest BCUT2D eigenvalue weighted by Gasteiger charge is 2.23. The molecule has 0 aliphatic carbocycles. The van der Waals surface area contributed by atoms with Crippen molar-refractivity contribution in [3.05, 3.63) is 64.5 Å². The van der Waals surface area contributed by atoms with Crippen LogP contribution >= 0.6 is 0 Å². The molecule has 1 N–H and O–H groups in total. The number of Topliss-reactive ketones (excluding diaryl/α,β-unsaturated/α-hetero) is 1. The van der Waals surface area contributed by atoms with E-state index in [2.05, 4.69) is 9.98 Å². The number of ketones is 1. The number of aliphatic imine (C=N–C) groups is 1. The maximum atomic E-state index is 12.7. The smallest absolute Gasteiger partial charge is 0.218 e. The van der Waals surface area contributed by atoms with Crippen LogP contribution in [-0.4, -0.2) is 48.7 Å². The van der Waals surface area contributed by atoms with Crippen LogP contribution in [0, 0.1) is 6.92 Å². The van der Waals surface area contributed by atoms with Gasteiger partial charge in [0.15, 0.2) is 0 Å². The molecule has 0 saturated heterocycles. The number of rotatable bonds is 9. The molecule has 0 unspecified atom stereocenters. The number of aromatic nitrogens is 1. The lowest BCUT2D eigenvalue weighted by Crippen LogP contribution is -2.16. The lowest BCUT2D eigenvalue weighted by atomic mass is 9.93. The molecule has 2 aromatic rings. The van der Waals surface area contributed by atoms with Gasteiger partial charge >= 0.3 is 0 Å². The van der Waals surface area contributed by atoms with E-state index in [4.69, 9.17) is 14.6 Å². The number of aliphatic hydroxyl groups is 1. The highest BCUT2D eigenvalue weighted by molar-refractivity contribution is 5.98. The minimum absolute atomic E-state index is 0.0380. The van der Waals surface area contributed by atoms with E-state index in [9.17, 15) is 4.79 Å². The zero-order valence-corrected chi connectivity index (χ0v) is 16.4. The van der Waals surface area contributed by atoms with Crippen LogP contribution in [0.15, 0.2) is 41.4 Å². The average Bonchev–Trinajstić information content (AvgIpc) is 3.10. The van der Waals surface area contributed by atoms with Crippen LogP contribution in [0.5, 0.6) is 0 Å². The van der Waals surface area contributed by atoms with Crippen LogP contribution in [0.25, 0.3) is 0 Å². The fourth-order valence-corrected chi connectivity index (χ4v) is 3.56. The third kappa shape index (κ3) is 4.82. The lowest BCUT2D eigenvalue weighted by molar-refractivity contribution is -0.119. The van der Waals surface area contributed by atoms with Gasteiger partial charge in [0.1, 0.15) is 12.4 Å². The first-order chi connectivity index (χ1) is 13.6. The van der Waals surface area contributed by atoms with Crippen molar-refractivity contribution < 1.29 is 19.4 Å². The van der Waals surface area contributed by atoms with E-state index >= 15 is 0 Å². The molecular formula is C22H26N2O4. The van der Waals surface area contributed by atoms with E-state index in [0.29, 0.717) is 25.5 Å². The monoisotopic (exact) mass is 382 g/mol. The molecule has 0 amide bonds. The van der Waals surface area contributed by atoms with Crippen molar-refractivity contribution >= 4 is 11.7 Å². The van der Waals surface area contributed by atoms with Gasteiger partial charge in [0.2, 0.25) is 5.90 Å². The topological polar surface area (TPSA) is 81.0 Å². The van der Waals surface area contributed by atoms with Crippen molar-refractivity contribution in [1.29, 1.82) is 0 Å². The summed E-state index contributed by atoms with van der Waals surface area (Å²) in [6.45, 7) is 3.06. The molecule has 28 heavy (non-hydrogen) atoms. The number of carbonyl (C=O) groups is 1. The van der Waals surface area contributed by atoms with E-state index in [1.165, 1.54) is 0 Å². The van der Waals surface area contributed by atoms with E-state index in [0.717, 1.165) is 28.1 Å². The standard InChI is InChI=1S/C22H26N2O4/c1-15-21-17(13-23-22(21)28-9-8-25)10-19(24-15)12-20(26)11-18(14-27-2)16-6-4-3-5-7-16/h3-7,10,18,25H,8-9,11-14H2,1-2H3/t18-/m1/s1. The Bertz CT molecular complexity index is 849. The Morgan fingerprint density at radius 1 is 1.29 bits per heavy atom. The predicted molar refractivity (Wildman–Crippen MR) is 107 cm³/mol. The fraction of sp³-hybridized carbons (Fsp3) is 0.409. The highest BCUT2D eigenvalue weighted by atomic mass is 16.5. The molecular weight excluding hydrogens is 356 g/mol. The van der Waals surface area contributed by atoms with Crippen molar-refractivity contribution in [2.75, 3.05) is 26.9 Å². The first-order valence-corrected chi connectivity index (χ1v) is 9.45. The molecule has 1 aromatic carbocycles. The summed E-state index contributed by atoms with van der Waals surface area (Å²) in [4.78, 5) is 21.7. The number of benzene rings is 1. The number of methoxy groups -OCH3 is 1. The number of hydrogen-bond acceptors (Lipinski definition) is 6. The van der Waals surface area contributed by atoms with Crippen LogP contribution < -0.4 is 0 Å². The zero-order chi connectivity index (χ0) is 19.9. The first kappa shape index (κ1) is 20.2. The Balaban J connectivity index is 1.69. The molecule has 1 aliphatic heterocycles. The van der Waals surface area contributed by atoms with Gasteiger partial charge in [-0.05, 0) is 24.1 Å². The summed E-state index contributed by atoms with van der Waals surface area (Å²) in [7, 11) is 1.66. The van der Waals surface area contributed by atoms with Crippen molar-refractivity contribution in [2.45, 2.75) is 32.2 Å². The number of nitrogens with zero attached hydrogens (tertiary/aromatic N) is 2. The molecule has 148 valence electrons. The Morgan fingerprint density at radius 2 is 2.07 bits per heavy atom. The third-order valence-electron chi connectivity index (χ3n) is 4.76. The fourth-order valence-electron chi connectivity index (χ4n) is 3.56. The quantitative estimate of drug-likeness (QED) is 0.721. The third-order valence-corrected chi connectivity index (χ3v) is 4.76. The van der Waals surface area contributed by atoms with Crippen molar-refractivity contribution in [3.8, 4) is 0 Å². The Labute approximate surface area is 165 Å². The summed E-state index contributed by atoms with van der Waals surface area (Å²) >= 11 is 0. The summed E-state index contributed by atoms with van der Waals surface area (Å²) in [6, 6.07) is 11.9. The number of pyridine rings is 1. The highest BCUT2D eigenvalue weighted by Crippen LogP contribution is 2.25. The molecule has 0 spiro atoms. The van der Waals surface area contributed by atoms with E-state index in [1.807, 2.05) is 43.3 Å². The van der Waals surface area contributed by atoms with Gasteiger partial charge in [-0.25, -0.2) is 4.99 Å². The number of carbonyl (C=O) groups excluding carboxylic acids is 1. The molecule has 3 rings (SSSR count). The van der Waals surface area contributed by atoms with E-state index in [1.54, 1.807) is 7.11 Å². The molecule has 0 fully saturated rings. The van der Waals surface area contributed by atoms with Gasteiger partial charge in [0, 0.05) is 31.6 Å². The van der Waals surface area contributed by atoms with Crippen LogP contribution in [0.1, 0.15) is 40.4 Å². The molecule has 0 radical (unpaired) electrons. The van der Waals surface area contributed by atoms with Crippen LogP contribution in [0.2, 0.25) is 0 Å². The number of fused-ring (bicyclic) bond motifs is 1. The molecule has 1 aromatic heterocycles. The predicted octanol–water partition coefficient (Wildman–Crippen LogP) is 2.59. The van der Waals surface area contributed by atoms with E-state index in [-0.39, 0.29) is 31.3 Å². The molecule has 6 nitrogen and oxygen atoms in total.